The summed E-state index contributed by atoms with van der Waals surface area (Å²) in [5, 5.41) is 10.8. The number of hydrogen-bond acceptors (Lipinski definition) is 5. The Morgan fingerprint density at radius 1 is 1.56 bits per heavy atom. The minimum Gasteiger partial charge on any atom is -0.497 e. The van der Waals surface area contributed by atoms with Crippen molar-refractivity contribution in [2.45, 2.75) is 13.0 Å². The normalized spacial score (nSPS) is 11.2. The van der Waals surface area contributed by atoms with E-state index in [4.69, 9.17) is 15.9 Å². The van der Waals surface area contributed by atoms with E-state index in [-0.39, 0.29) is 11.3 Å². The smallest absolute Gasteiger partial charge is 0.346 e. The lowest BCUT2D eigenvalue weighted by Gasteiger charge is -2.08. The maximum absolute atomic E-state index is 11.7. The van der Waals surface area contributed by atoms with E-state index in [1.165, 1.54) is 32.2 Å². The van der Waals surface area contributed by atoms with Crippen LogP contribution < -0.4 is 4.74 Å². The zero-order chi connectivity index (χ0) is 13.7. The van der Waals surface area contributed by atoms with Crippen LogP contribution in [0.3, 0.4) is 0 Å². The average molecular weight is 249 g/mol. The van der Waals surface area contributed by atoms with E-state index in [1.807, 2.05) is 0 Å². The maximum atomic E-state index is 11.7. The van der Waals surface area contributed by atoms with Crippen molar-refractivity contribution in [1.29, 1.82) is 0 Å². The first-order chi connectivity index (χ1) is 8.49. The highest BCUT2D eigenvalue weighted by Crippen LogP contribution is 2.24. The van der Waals surface area contributed by atoms with E-state index in [0.29, 0.717) is 5.75 Å². The Balaban J connectivity index is 3.15. The second-order valence-electron chi connectivity index (χ2n) is 3.35. The molecule has 1 atom stereocenters. The van der Waals surface area contributed by atoms with Crippen LogP contribution in [-0.4, -0.2) is 24.1 Å². The van der Waals surface area contributed by atoms with Crippen molar-refractivity contribution in [2.24, 2.45) is 0 Å². The lowest BCUT2D eigenvalue weighted by atomic mass is 10.1. The predicted molar refractivity (Wildman–Crippen MR) is 63.4 cm³/mol. The van der Waals surface area contributed by atoms with Gasteiger partial charge in [-0.15, -0.1) is 6.42 Å². The number of carbonyl (C=O) groups is 1. The van der Waals surface area contributed by atoms with Gasteiger partial charge in [-0.3, -0.25) is 10.1 Å². The Labute approximate surface area is 104 Å². The Morgan fingerprint density at radius 2 is 2.22 bits per heavy atom. The highest BCUT2D eigenvalue weighted by atomic mass is 16.6. The summed E-state index contributed by atoms with van der Waals surface area (Å²) in [7, 11) is 1.39. The van der Waals surface area contributed by atoms with Gasteiger partial charge in [0.15, 0.2) is 6.10 Å². The molecule has 1 aromatic rings. The van der Waals surface area contributed by atoms with Crippen molar-refractivity contribution >= 4 is 11.7 Å². The molecule has 0 aliphatic heterocycles. The van der Waals surface area contributed by atoms with Crippen LogP contribution in [0.2, 0.25) is 0 Å². The molecule has 6 nitrogen and oxygen atoms in total. The summed E-state index contributed by atoms with van der Waals surface area (Å²) in [5.41, 5.74) is -0.550. The number of nitro groups is 1. The zero-order valence-corrected chi connectivity index (χ0v) is 9.88. The molecule has 94 valence electrons. The Bertz CT molecular complexity index is 518. The molecule has 0 aliphatic rings. The maximum Gasteiger partial charge on any atom is 0.346 e. The fourth-order valence-electron chi connectivity index (χ4n) is 1.22. The summed E-state index contributed by atoms with van der Waals surface area (Å²) in [6, 6.07) is 3.80. The van der Waals surface area contributed by atoms with E-state index >= 15 is 0 Å². The Hall–Kier alpha value is -2.55. The zero-order valence-electron chi connectivity index (χ0n) is 9.88. The third kappa shape index (κ3) is 2.98. The lowest BCUT2D eigenvalue weighted by molar-refractivity contribution is -0.385. The van der Waals surface area contributed by atoms with Gasteiger partial charge < -0.3 is 9.47 Å². The molecule has 1 unspecified atom stereocenters. The Morgan fingerprint density at radius 3 is 2.72 bits per heavy atom. The van der Waals surface area contributed by atoms with Crippen molar-refractivity contribution in [1.82, 2.24) is 0 Å². The van der Waals surface area contributed by atoms with Gasteiger partial charge in [0.05, 0.1) is 12.0 Å². The number of terminal acetylenes is 1. The highest BCUT2D eigenvalue weighted by molar-refractivity contribution is 5.94. The van der Waals surface area contributed by atoms with Crippen LogP contribution in [0.1, 0.15) is 17.3 Å². The monoisotopic (exact) mass is 249 g/mol. The first-order valence-electron chi connectivity index (χ1n) is 4.99. The second-order valence-corrected chi connectivity index (χ2v) is 3.35. The molecule has 0 fully saturated rings. The molecule has 1 aromatic carbocycles. The molecule has 0 saturated carbocycles. The van der Waals surface area contributed by atoms with Crippen LogP contribution in [0.15, 0.2) is 18.2 Å². The molecule has 0 aromatic heterocycles. The van der Waals surface area contributed by atoms with Crippen molar-refractivity contribution in [2.75, 3.05) is 7.11 Å². The summed E-state index contributed by atoms with van der Waals surface area (Å²) in [6.07, 6.45) is 4.31. The van der Waals surface area contributed by atoms with Crippen LogP contribution in [0.25, 0.3) is 0 Å². The van der Waals surface area contributed by atoms with E-state index in [2.05, 4.69) is 5.92 Å². The number of nitro benzene ring substituents is 1. The van der Waals surface area contributed by atoms with Gasteiger partial charge in [-0.1, -0.05) is 5.92 Å². The first kappa shape index (κ1) is 13.5. The van der Waals surface area contributed by atoms with E-state index in [9.17, 15) is 14.9 Å². The number of hydrogen-bond donors (Lipinski definition) is 0. The average Bonchev–Trinajstić information content (AvgIpc) is 2.37. The second kappa shape index (κ2) is 5.68. The van der Waals surface area contributed by atoms with Crippen LogP contribution >= 0.6 is 0 Å². The quantitative estimate of drug-likeness (QED) is 0.352. The molecule has 6 heteroatoms. The van der Waals surface area contributed by atoms with Crippen LogP contribution in [0, 0.1) is 22.5 Å². The number of rotatable bonds is 4. The summed E-state index contributed by atoms with van der Waals surface area (Å²) < 4.78 is 9.74. The van der Waals surface area contributed by atoms with Gasteiger partial charge in [0.25, 0.3) is 5.69 Å². The molecular weight excluding hydrogens is 238 g/mol. The topological polar surface area (TPSA) is 78.7 Å². The third-order valence-corrected chi connectivity index (χ3v) is 2.14. The molecule has 0 spiro atoms. The van der Waals surface area contributed by atoms with Crippen molar-refractivity contribution in [3.05, 3.63) is 33.9 Å². The van der Waals surface area contributed by atoms with E-state index < -0.39 is 17.0 Å². The number of esters is 1. The molecule has 0 aliphatic carbocycles. The number of nitrogens with zero attached hydrogens (tertiary/aromatic N) is 1. The Kier molecular flexibility index (Phi) is 4.27. The molecule has 0 radical (unpaired) electrons. The fourth-order valence-corrected chi connectivity index (χ4v) is 1.22. The van der Waals surface area contributed by atoms with E-state index in [1.54, 1.807) is 0 Å². The summed E-state index contributed by atoms with van der Waals surface area (Å²) in [5.74, 6) is 1.66. The lowest BCUT2D eigenvalue weighted by Crippen LogP contribution is -2.14. The van der Waals surface area contributed by atoms with Crippen LogP contribution in [0.4, 0.5) is 5.69 Å². The van der Waals surface area contributed by atoms with Crippen molar-refractivity contribution < 1.29 is 19.2 Å². The molecule has 0 bridgehead atoms. The number of benzene rings is 1. The van der Waals surface area contributed by atoms with Gasteiger partial charge in [-0.2, -0.15) is 0 Å². The van der Waals surface area contributed by atoms with Gasteiger partial charge in [-0.25, -0.2) is 4.79 Å². The fraction of sp³-hybridized carbons (Fsp3) is 0.250. The summed E-state index contributed by atoms with van der Waals surface area (Å²) in [6.45, 7) is 1.49. The SMILES string of the molecule is C#CC(C)OC(=O)c1cc(OC)ccc1[N+](=O)[O-]. The van der Waals surface area contributed by atoms with Gasteiger partial charge in [0.1, 0.15) is 11.3 Å². The minimum absolute atomic E-state index is 0.193. The van der Waals surface area contributed by atoms with Gasteiger partial charge in [-0.05, 0) is 13.0 Å². The predicted octanol–water partition coefficient (Wildman–Crippen LogP) is 1.78. The number of carbonyl (C=O) groups excluding carboxylic acids is 1. The third-order valence-electron chi connectivity index (χ3n) is 2.14. The highest BCUT2D eigenvalue weighted by Gasteiger charge is 2.23. The van der Waals surface area contributed by atoms with E-state index in [0.717, 1.165) is 0 Å². The molecule has 0 N–H and O–H groups in total. The van der Waals surface area contributed by atoms with Gasteiger partial charge >= 0.3 is 5.97 Å². The first-order valence-corrected chi connectivity index (χ1v) is 4.99. The van der Waals surface area contributed by atoms with Crippen LogP contribution in [-0.2, 0) is 4.74 Å². The van der Waals surface area contributed by atoms with Crippen LogP contribution in [0.5, 0.6) is 5.75 Å². The molecule has 0 heterocycles. The number of methoxy groups -OCH3 is 1. The summed E-state index contributed by atoms with van der Waals surface area (Å²) >= 11 is 0. The van der Waals surface area contributed by atoms with Gasteiger partial charge in [0.2, 0.25) is 0 Å². The molecular formula is C12H11NO5. The largest absolute Gasteiger partial charge is 0.497 e. The van der Waals surface area contributed by atoms with Crippen molar-refractivity contribution in [3.63, 3.8) is 0 Å². The standard InChI is InChI=1S/C12H11NO5/c1-4-8(2)18-12(14)10-7-9(17-3)5-6-11(10)13(15)16/h1,5-8H,2-3H3. The minimum atomic E-state index is -0.856. The van der Waals surface area contributed by atoms with Crippen molar-refractivity contribution in [3.8, 4) is 18.1 Å². The molecule has 0 saturated heterocycles. The molecule has 0 amide bonds. The van der Waals surface area contributed by atoms with Gasteiger partial charge in [0, 0.05) is 12.1 Å². The molecule has 18 heavy (non-hydrogen) atoms. The molecule has 1 rings (SSSR count). The number of ether oxygens (including phenoxy) is 2. The summed E-state index contributed by atoms with van der Waals surface area (Å²) in [4.78, 5) is 21.9.